The first-order valence-corrected chi connectivity index (χ1v) is 7.47. The van der Waals surface area contributed by atoms with Crippen molar-refractivity contribution >= 4 is 31.3 Å². The fourth-order valence-corrected chi connectivity index (χ4v) is 2.17. The summed E-state index contributed by atoms with van der Waals surface area (Å²) >= 11 is 5.17. The van der Waals surface area contributed by atoms with Crippen molar-refractivity contribution in [3.63, 3.8) is 0 Å². The Bertz CT molecular complexity index is 643. The van der Waals surface area contributed by atoms with E-state index in [-0.39, 0.29) is 6.07 Å². The van der Waals surface area contributed by atoms with Crippen molar-refractivity contribution in [1.82, 2.24) is 4.98 Å². The van der Waals surface area contributed by atoms with Gasteiger partial charge < -0.3 is 4.74 Å². The number of hydrogen-bond acceptors (Lipinski definition) is 4. The van der Waals surface area contributed by atoms with E-state index in [2.05, 4.69) is 9.72 Å². The first-order valence-electron chi connectivity index (χ1n) is 4.63. The topological polar surface area (TPSA) is 56.3 Å². The van der Waals surface area contributed by atoms with Gasteiger partial charge in [-0.05, 0) is 0 Å². The van der Waals surface area contributed by atoms with Crippen LogP contribution in [-0.4, -0.2) is 19.8 Å². The lowest BCUT2D eigenvalue weighted by Crippen LogP contribution is -2.21. The summed E-state index contributed by atoms with van der Waals surface area (Å²) in [5.74, 6) is -2.49. The highest BCUT2D eigenvalue weighted by Crippen LogP contribution is 2.39. The largest absolute Gasteiger partial charge is 0.573 e. The van der Waals surface area contributed by atoms with Gasteiger partial charge in [0.2, 0.25) is 0 Å². The summed E-state index contributed by atoms with van der Waals surface area (Å²) in [5, 5.41) is -1.44. The third-order valence-corrected chi connectivity index (χ3v) is 3.39. The molecule has 0 bridgehead atoms. The minimum atomic E-state index is -5.36. The second-order valence-electron chi connectivity index (χ2n) is 3.40. The molecule has 0 aliphatic carbocycles. The Morgan fingerprint density at radius 1 is 1.19 bits per heavy atom. The summed E-state index contributed by atoms with van der Waals surface area (Å²) in [5.41, 5.74) is -3.09. The van der Waals surface area contributed by atoms with Gasteiger partial charge in [0.15, 0.2) is 10.7 Å². The molecule has 4 nitrogen and oxygen atoms in total. The molecular weight excluding hydrogens is 375 g/mol. The molecule has 0 saturated carbocycles. The van der Waals surface area contributed by atoms with Crippen molar-refractivity contribution in [2.24, 2.45) is 0 Å². The molecule has 1 rings (SSSR count). The van der Waals surface area contributed by atoms with Crippen LogP contribution in [0, 0.1) is 0 Å². The molecule has 0 aromatic carbocycles. The van der Waals surface area contributed by atoms with E-state index in [1.54, 1.807) is 0 Å². The average Bonchev–Trinajstić information content (AvgIpc) is 2.23. The molecule has 0 fully saturated rings. The molecule has 0 unspecified atom stereocenters. The van der Waals surface area contributed by atoms with Crippen LogP contribution >= 0.6 is 22.3 Å². The summed E-state index contributed by atoms with van der Waals surface area (Å²) in [6, 6.07) is 0.114. The predicted octanol–water partition coefficient (Wildman–Crippen LogP) is 3.67. The van der Waals surface area contributed by atoms with E-state index >= 15 is 0 Å². The Morgan fingerprint density at radius 2 is 1.71 bits per heavy atom. The molecule has 0 atom stereocenters. The van der Waals surface area contributed by atoms with Crippen molar-refractivity contribution in [3.05, 3.63) is 17.3 Å². The third-order valence-electron chi connectivity index (χ3n) is 1.94. The van der Waals surface area contributed by atoms with Crippen LogP contribution < -0.4 is 4.74 Å². The molecule has 13 heteroatoms. The van der Waals surface area contributed by atoms with E-state index in [0.29, 0.717) is 0 Å². The monoisotopic (exact) mass is 377 g/mol. The van der Waals surface area contributed by atoms with Crippen LogP contribution in [0.15, 0.2) is 11.1 Å². The highest BCUT2D eigenvalue weighted by Gasteiger charge is 2.40. The maximum atomic E-state index is 12.7. The summed E-state index contributed by atoms with van der Waals surface area (Å²) in [6.45, 7) is 0. The van der Waals surface area contributed by atoms with Crippen LogP contribution in [0.4, 0.5) is 26.3 Å². The summed E-state index contributed by atoms with van der Waals surface area (Å²) in [6.07, 6.45) is -10.6. The van der Waals surface area contributed by atoms with Gasteiger partial charge in [-0.2, -0.15) is 13.2 Å². The predicted molar refractivity (Wildman–Crippen MR) is 58.5 cm³/mol. The highest BCUT2D eigenvalue weighted by atomic mass is 35.7. The Kier molecular flexibility index (Phi) is 4.91. The van der Waals surface area contributed by atoms with Crippen molar-refractivity contribution in [2.45, 2.75) is 23.4 Å². The zero-order valence-corrected chi connectivity index (χ0v) is 11.7. The molecule has 0 aliphatic heterocycles. The molecule has 1 heterocycles. The normalized spacial score (nSPS) is 13.3. The minimum Gasteiger partial charge on any atom is -0.405 e. The van der Waals surface area contributed by atoms with Gasteiger partial charge in [0.1, 0.15) is 5.75 Å². The van der Waals surface area contributed by atoms with Crippen LogP contribution in [0.5, 0.6) is 5.75 Å². The molecule has 0 N–H and O–H groups in total. The Labute approximate surface area is 123 Å². The lowest BCUT2D eigenvalue weighted by molar-refractivity contribution is -0.275. The van der Waals surface area contributed by atoms with E-state index < -0.39 is 49.5 Å². The fraction of sp³-hybridized carbons (Fsp3) is 0.375. The van der Waals surface area contributed by atoms with Gasteiger partial charge in [-0.15, -0.1) is 24.8 Å². The zero-order chi connectivity index (χ0) is 16.6. The number of ether oxygens (including phenoxy) is 1. The summed E-state index contributed by atoms with van der Waals surface area (Å²) in [7, 11) is -0.0260. The van der Waals surface area contributed by atoms with E-state index in [1.165, 1.54) is 0 Å². The van der Waals surface area contributed by atoms with Crippen LogP contribution in [0.1, 0.15) is 11.3 Å². The Hall–Kier alpha value is -0.940. The molecule has 21 heavy (non-hydrogen) atoms. The number of hydrogen-bond donors (Lipinski definition) is 0. The van der Waals surface area contributed by atoms with Crippen LogP contribution in [0.3, 0.4) is 0 Å². The second kappa shape index (κ2) is 5.69. The van der Waals surface area contributed by atoms with Gasteiger partial charge in [-0.25, -0.2) is 13.4 Å². The number of aromatic nitrogens is 1. The second-order valence-corrected chi connectivity index (χ2v) is 6.18. The molecule has 0 aliphatic rings. The Morgan fingerprint density at radius 3 is 2.05 bits per heavy atom. The fourth-order valence-electron chi connectivity index (χ4n) is 1.23. The lowest BCUT2D eigenvalue weighted by Gasteiger charge is -2.17. The van der Waals surface area contributed by atoms with Crippen LogP contribution in [-0.2, 0) is 21.1 Å². The SMILES string of the molecule is O=S(=O)(Cl)c1cc(OC(F)(F)F)c(CCl)c(C(F)(F)F)n1. The van der Waals surface area contributed by atoms with Gasteiger partial charge in [0, 0.05) is 22.3 Å². The Balaban J connectivity index is 3.68. The van der Waals surface area contributed by atoms with Gasteiger partial charge in [-0.1, -0.05) is 0 Å². The van der Waals surface area contributed by atoms with Gasteiger partial charge in [-0.3, -0.25) is 0 Å². The van der Waals surface area contributed by atoms with E-state index in [1.807, 2.05) is 0 Å². The van der Waals surface area contributed by atoms with Crippen LogP contribution in [0.25, 0.3) is 0 Å². The maximum Gasteiger partial charge on any atom is 0.573 e. The van der Waals surface area contributed by atoms with Gasteiger partial charge in [0.05, 0.1) is 5.88 Å². The minimum absolute atomic E-state index is 0.114. The smallest absolute Gasteiger partial charge is 0.405 e. The van der Waals surface area contributed by atoms with E-state index in [9.17, 15) is 34.8 Å². The van der Waals surface area contributed by atoms with Crippen molar-refractivity contribution in [3.8, 4) is 5.75 Å². The third kappa shape index (κ3) is 4.78. The molecule has 1 aromatic rings. The van der Waals surface area contributed by atoms with Gasteiger partial charge in [0.25, 0.3) is 9.05 Å². The molecule has 0 saturated heterocycles. The number of nitrogens with zero attached hydrogens (tertiary/aromatic N) is 1. The summed E-state index contributed by atoms with van der Waals surface area (Å²) in [4.78, 5) is 2.70. The molecular formula is C8H3Cl2F6NO3S. The molecule has 120 valence electrons. The van der Waals surface area contributed by atoms with E-state index in [4.69, 9.17) is 22.3 Å². The van der Waals surface area contributed by atoms with Crippen molar-refractivity contribution < 1.29 is 39.5 Å². The number of pyridine rings is 1. The molecule has 0 spiro atoms. The van der Waals surface area contributed by atoms with Crippen LogP contribution in [0.2, 0.25) is 0 Å². The highest BCUT2D eigenvalue weighted by molar-refractivity contribution is 8.13. The van der Waals surface area contributed by atoms with E-state index in [0.717, 1.165) is 0 Å². The first kappa shape index (κ1) is 18.1. The standard InChI is InChI=1S/C8H3Cl2F6NO3S/c9-2-3-4(20-8(14,15)16)1-5(21(10,18)19)17-6(3)7(11,12)13/h1H,2H2. The van der Waals surface area contributed by atoms with Crippen molar-refractivity contribution in [2.75, 3.05) is 0 Å². The number of rotatable bonds is 3. The molecule has 0 radical (unpaired) electrons. The van der Waals surface area contributed by atoms with Crippen molar-refractivity contribution in [1.29, 1.82) is 0 Å². The van der Waals surface area contributed by atoms with Gasteiger partial charge >= 0.3 is 12.5 Å². The average molecular weight is 378 g/mol. The maximum absolute atomic E-state index is 12.7. The zero-order valence-electron chi connectivity index (χ0n) is 9.39. The first-order chi connectivity index (χ1) is 9.25. The molecule has 0 amide bonds. The molecule has 1 aromatic heterocycles. The number of halogens is 8. The number of alkyl halides is 7. The lowest BCUT2D eigenvalue weighted by atomic mass is 10.2. The summed E-state index contributed by atoms with van der Waals surface area (Å²) < 4.78 is 100.0. The quantitative estimate of drug-likeness (QED) is 0.458.